The molecule has 0 aliphatic rings. The zero-order chi connectivity index (χ0) is 9.42. The van der Waals surface area contributed by atoms with Crippen LogP contribution in [0.2, 0.25) is 0 Å². The Morgan fingerprint density at radius 1 is 1.62 bits per heavy atom. The molecule has 0 unspecified atom stereocenters. The molecule has 2 heterocycles. The average Bonchev–Trinajstić information content (AvgIpc) is 2.47. The summed E-state index contributed by atoms with van der Waals surface area (Å²) in [6.45, 7) is 0. The van der Waals surface area contributed by atoms with Crippen molar-refractivity contribution in [2.75, 3.05) is 0 Å². The number of pyridine rings is 1. The van der Waals surface area contributed by atoms with E-state index in [1.54, 1.807) is 0 Å². The first-order chi connectivity index (χ1) is 6.18. The van der Waals surface area contributed by atoms with Gasteiger partial charge in [0.15, 0.2) is 0 Å². The number of fused-ring (bicyclic) bond motifs is 1. The molecule has 0 atom stereocenters. The molecule has 0 fully saturated rings. The molecule has 0 spiro atoms. The van der Waals surface area contributed by atoms with E-state index in [2.05, 4.69) is 9.36 Å². The third kappa shape index (κ3) is 1.18. The summed E-state index contributed by atoms with van der Waals surface area (Å²) in [4.78, 5) is 25.1. The fourth-order valence-electron chi connectivity index (χ4n) is 0.935. The van der Waals surface area contributed by atoms with Gasteiger partial charge in [-0.05, 0) is 11.5 Å². The second-order valence-electron chi connectivity index (χ2n) is 2.34. The van der Waals surface area contributed by atoms with E-state index >= 15 is 0 Å². The van der Waals surface area contributed by atoms with Gasteiger partial charge in [0.25, 0.3) is 11.2 Å². The molecule has 2 aromatic rings. The van der Waals surface area contributed by atoms with Crippen LogP contribution in [0.15, 0.2) is 17.1 Å². The van der Waals surface area contributed by atoms with Crippen LogP contribution in [0.1, 0.15) is 0 Å². The van der Waals surface area contributed by atoms with Crippen molar-refractivity contribution in [3.05, 3.63) is 32.7 Å². The molecule has 0 amide bonds. The maximum absolute atomic E-state index is 11.0. The van der Waals surface area contributed by atoms with E-state index < -0.39 is 4.92 Å². The monoisotopic (exact) mass is 197 g/mol. The number of hydrogen-bond acceptors (Lipinski definition) is 5. The molecule has 0 bridgehead atoms. The smallest absolute Gasteiger partial charge is 0.275 e. The largest absolute Gasteiger partial charge is 0.288 e. The van der Waals surface area contributed by atoms with Crippen LogP contribution in [0.5, 0.6) is 0 Å². The number of aromatic amines is 1. The van der Waals surface area contributed by atoms with E-state index in [4.69, 9.17) is 0 Å². The average molecular weight is 197 g/mol. The van der Waals surface area contributed by atoms with Gasteiger partial charge in [-0.2, -0.15) is 0 Å². The van der Waals surface area contributed by atoms with Crippen LogP contribution < -0.4 is 5.56 Å². The molecular formula is C6H3N3O3S. The second kappa shape index (κ2) is 2.63. The Kier molecular flexibility index (Phi) is 1.59. The summed E-state index contributed by atoms with van der Waals surface area (Å²) in [6.07, 6.45) is 1.13. The maximum atomic E-state index is 11.0. The number of nitrogens with one attached hydrogen (secondary N) is 1. The molecule has 0 aliphatic heterocycles. The highest BCUT2D eigenvalue weighted by atomic mass is 32.1. The molecule has 13 heavy (non-hydrogen) atoms. The second-order valence-corrected chi connectivity index (χ2v) is 3.13. The summed E-state index contributed by atoms with van der Waals surface area (Å²) in [5.41, 5.74) is -0.507. The third-order valence-electron chi connectivity index (χ3n) is 1.53. The number of hydrogen-bond donors (Lipinski definition) is 1. The molecule has 66 valence electrons. The van der Waals surface area contributed by atoms with Crippen LogP contribution in [0.3, 0.4) is 0 Å². The first kappa shape index (κ1) is 7.87. The van der Waals surface area contributed by atoms with Crippen LogP contribution in [0.4, 0.5) is 5.69 Å². The van der Waals surface area contributed by atoms with Gasteiger partial charge >= 0.3 is 0 Å². The fraction of sp³-hybridized carbons (Fsp3) is 0. The maximum Gasteiger partial charge on any atom is 0.288 e. The zero-order valence-corrected chi connectivity index (χ0v) is 7.00. The van der Waals surface area contributed by atoms with Gasteiger partial charge in [-0.1, -0.05) is 0 Å². The van der Waals surface area contributed by atoms with Gasteiger partial charge < -0.3 is 0 Å². The van der Waals surface area contributed by atoms with Gasteiger partial charge in [0.05, 0.1) is 10.3 Å². The van der Waals surface area contributed by atoms with Crippen molar-refractivity contribution in [1.29, 1.82) is 0 Å². The highest BCUT2D eigenvalue weighted by Gasteiger charge is 2.10. The topological polar surface area (TPSA) is 88.9 Å². The highest BCUT2D eigenvalue weighted by molar-refractivity contribution is 7.12. The normalized spacial score (nSPS) is 10.5. The van der Waals surface area contributed by atoms with Crippen molar-refractivity contribution < 1.29 is 4.92 Å². The Labute approximate surface area is 75.1 Å². The molecule has 7 heteroatoms. The van der Waals surface area contributed by atoms with E-state index in [1.165, 1.54) is 6.07 Å². The van der Waals surface area contributed by atoms with Gasteiger partial charge in [-0.3, -0.25) is 19.3 Å². The lowest BCUT2D eigenvalue weighted by atomic mass is 10.3. The molecule has 0 saturated heterocycles. The number of rotatable bonds is 1. The molecule has 0 aliphatic carbocycles. The Bertz CT molecular complexity index is 529. The van der Waals surface area contributed by atoms with E-state index in [1.807, 2.05) is 0 Å². The minimum absolute atomic E-state index is 0.170. The van der Waals surface area contributed by atoms with Crippen molar-refractivity contribution in [3.63, 3.8) is 0 Å². The fourth-order valence-corrected chi connectivity index (χ4v) is 1.60. The molecule has 0 aromatic carbocycles. The highest BCUT2D eigenvalue weighted by Crippen LogP contribution is 2.16. The van der Waals surface area contributed by atoms with Crippen LogP contribution in [0.25, 0.3) is 10.2 Å². The predicted octanol–water partition coefficient (Wildman–Crippen LogP) is 0.893. The lowest BCUT2D eigenvalue weighted by molar-refractivity contribution is -0.385. The standard InChI is InChI=1S/C6H3N3O3S/c10-5-4-1-3(9(11)12)2-7-6(4)13-8-5/h1-2H,(H,8,10). The summed E-state index contributed by atoms with van der Waals surface area (Å²) in [5.74, 6) is 0. The molecule has 2 rings (SSSR count). The minimum atomic E-state index is -0.580. The lowest BCUT2D eigenvalue weighted by Gasteiger charge is -1.88. The quantitative estimate of drug-likeness (QED) is 0.543. The molecular weight excluding hydrogens is 194 g/mol. The number of H-pyrrole nitrogens is 1. The van der Waals surface area contributed by atoms with E-state index in [-0.39, 0.29) is 16.6 Å². The number of aromatic nitrogens is 2. The Morgan fingerprint density at radius 2 is 2.38 bits per heavy atom. The first-order valence-corrected chi connectivity index (χ1v) is 4.12. The Morgan fingerprint density at radius 3 is 3.08 bits per heavy atom. The van der Waals surface area contributed by atoms with E-state index in [0.717, 1.165) is 17.7 Å². The minimum Gasteiger partial charge on any atom is -0.275 e. The Balaban J connectivity index is 2.80. The molecule has 0 saturated carbocycles. The van der Waals surface area contributed by atoms with Crippen molar-refractivity contribution in [3.8, 4) is 0 Å². The molecule has 0 radical (unpaired) electrons. The van der Waals surface area contributed by atoms with Gasteiger partial charge in [0, 0.05) is 6.07 Å². The number of nitrogens with zero attached hydrogens (tertiary/aromatic N) is 2. The molecule has 2 aromatic heterocycles. The van der Waals surface area contributed by atoms with Gasteiger partial charge in [-0.25, -0.2) is 4.98 Å². The summed E-state index contributed by atoms with van der Waals surface area (Å²) in [7, 11) is 0. The Hall–Kier alpha value is -1.76. The number of nitro groups is 1. The van der Waals surface area contributed by atoms with Crippen molar-refractivity contribution in [2.45, 2.75) is 0 Å². The predicted molar refractivity (Wildman–Crippen MR) is 46.9 cm³/mol. The van der Waals surface area contributed by atoms with E-state index in [9.17, 15) is 14.9 Å². The lowest BCUT2D eigenvalue weighted by Crippen LogP contribution is -1.97. The summed E-state index contributed by atoms with van der Waals surface area (Å²) in [5, 5.41) is 10.6. The third-order valence-corrected chi connectivity index (χ3v) is 2.34. The van der Waals surface area contributed by atoms with Crippen LogP contribution >= 0.6 is 11.5 Å². The van der Waals surface area contributed by atoms with Gasteiger partial charge in [0.1, 0.15) is 11.0 Å². The summed E-state index contributed by atoms with van der Waals surface area (Å²) in [6, 6.07) is 1.22. The van der Waals surface area contributed by atoms with Crippen molar-refractivity contribution in [2.24, 2.45) is 0 Å². The van der Waals surface area contributed by atoms with Gasteiger partial charge in [0.2, 0.25) is 0 Å². The molecule has 6 nitrogen and oxygen atoms in total. The van der Waals surface area contributed by atoms with Crippen LogP contribution in [-0.4, -0.2) is 14.3 Å². The van der Waals surface area contributed by atoms with Crippen LogP contribution in [0, 0.1) is 10.1 Å². The van der Waals surface area contributed by atoms with E-state index in [0.29, 0.717) is 4.83 Å². The van der Waals surface area contributed by atoms with Crippen LogP contribution in [-0.2, 0) is 0 Å². The molecule has 1 N–H and O–H groups in total. The SMILES string of the molecule is O=c1[nH]sc2ncc([N+](=O)[O-])cc12. The summed E-state index contributed by atoms with van der Waals surface area (Å²) < 4.78 is 2.44. The first-order valence-electron chi connectivity index (χ1n) is 3.30. The van der Waals surface area contributed by atoms with Crippen molar-refractivity contribution >= 4 is 27.4 Å². The zero-order valence-electron chi connectivity index (χ0n) is 6.18. The van der Waals surface area contributed by atoms with Gasteiger partial charge in [-0.15, -0.1) is 0 Å². The van der Waals surface area contributed by atoms with Crippen molar-refractivity contribution in [1.82, 2.24) is 9.36 Å². The summed E-state index contributed by atoms with van der Waals surface area (Å²) >= 11 is 1.06.